The summed E-state index contributed by atoms with van der Waals surface area (Å²) in [5.41, 5.74) is 2.42. The monoisotopic (exact) mass is 516 g/mol. The molecule has 0 unspecified atom stereocenters. The van der Waals surface area contributed by atoms with Crippen molar-refractivity contribution in [1.29, 1.82) is 0 Å². The molecule has 4 aromatic rings. The van der Waals surface area contributed by atoms with E-state index in [1.807, 2.05) is 48.7 Å². The lowest BCUT2D eigenvalue weighted by atomic mass is 10.2. The van der Waals surface area contributed by atoms with Crippen LogP contribution in [-0.2, 0) is 4.79 Å². The Kier molecular flexibility index (Phi) is 7.24. The minimum Gasteiger partial charge on any atom is -0.493 e. The lowest BCUT2D eigenvalue weighted by molar-refractivity contribution is -0.111. The van der Waals surface area contributed by atoms with E-state index < -0.39 is 0 Å². The zero-order valence-electron chi connectivity index (χ0n) is 20.7. The van der Waals surface area contributed by atoms with Crippen LogP contribution in [0, 0.1) is 0 Å². The number of methoxy groups -OCH3 is 1. The summed E-state index contributed by atoms with van der Waals surface area (Å²) in [6.07, 6.45) is 4.82. The first-order valence-corrected chi connectivity index (χ1v) is 12.6. The van der Waals surface area contributed by atoms with Crippen LogP contribution in [0.4, 0.5) is 23.0 Å². The molecule has 1 aliphatic heterocycles. The number of benzene rings is 1. The third-order valence-corrected chi connectivity index (χ3v) is 7.00. The quantitative estimate of drug-likeness (QED) is 0.267. The highest BCUT2D eigenvalue weighted by molar-refractivity contribution is 7.99. The van der Waals surface area contributed by atoms with E-state index in [1.54, 1.807) is 17.8 Å². The fraction of sp³-hybridized carbons (Fsp3) is 0.231. The zero-order valence-corrected chi connectivity index (χ0v) is 21.5. The third kappa shape index (κ3) is 5.68. The number of piperazine rings is 1. The van der Waals surface area contributed by atoms with Gasteiger partial charge in [-0.05, 0) is 31.3 Å². The molecule has 1 fully saturated rings. The summed E-state index contributed by atoms with van der Waals surface area (Å²) >= 11 is 1.51. The molecule has 0 bridgehead atoms. The molecule has 1 amide bonds. The molecule has 4 heterocycles. The average molecular weight is 517 g/mol. The number of hydrogen-bond acceptors (Lipinski definition) is 9. The summed E-state index contributed by atoms with van der Waals surface area (Å²) in [4.78, 5) is 26.6. The van der Waals surface area contributed by atoms with Crippen LogP contribution < -0.4 is 20.3 Å². The number of hydrogen-bond donors (Lipinski definition) is 2. The second-order valence-corrected chi connectivity index (χ2v) is 9.66. The van der Waals surface area contributed by atoms with E-state index in [2.05, 4.69) is 44.1 Å². The predicted molar refractivity (Wildman–Crippen MR) is 146 cm³/mol. The Bertz CT molecular complexity index is 1430. The molecule has 1 aliphatic rings. The smallest absolute Gasteiger partial charge is 0.247 e. The number of aromatic nitrogens is 4. The standard InChI is InChI=1S/C26H28N8O2S/c1-4-24(35)29-18-6-5-7-20(14-18)37-25-16-22(30-23-8-9-28-34(23)25)31-26-21(36-3)15-19(17-27-26)33-12-10-32(2)11-13-33/h4-9,14-17H,1,10-13H2,2-3H3,(H,29,35)(H,27,30,31). The second-order valence-electron chi connectivity index (χ2n) is 8.56. The SMILES string of the molecule is C=CC(=O)Nc1cccc(Sc2cc(Nc3ncc(N4CCN(C)CC4)cc3OC)nc3ccnn23)c1. The minimum atomic E-state index is -0.257. The highest BCUT2D eigenvalue weighted by Crippen LogP contribution is 2.33. The molecule has 5 rings (SSSR count). The van der Waals surface area contributed by atoms with Crippen LogP contribution in [0.15, 0.2) is 77.4 Å². The van der Waals surface area contributed by atoms with Gasteiger partial charge in [0.15, 0.2) is 17.2 Å². The summed E-state index contributed by atoms with van der Waals surface area (Å²) in [5, 5.41) is 11.4. The second kappa shape index (κ2) is 10.9. The van der Waals surface area contributed by atoms with Crippen molar-refractivity contribution in [2.24, 2.45) is 0 Å². The first-order valence-electron chi connectivity index (χ1n) is 11.8. The molecule has 0 radical (unpaired) electrons. The van der Waals surface area contributed by atoms with Crippen LogP contribution >= 0.6 is 11.8 Å². The molecule has 10 nitrogen and oxygen atoms in total. The van der Waals surface area contributed by atoms with Crippen molar-refractivity contribution in [3.63, 3.8) is 0 Å². The molecule has 0 saturated carbocycles. The molecule has 0 aliphatic carbocycles. The number of anilines is 4. The van der Waals surface area contributed by atoms with Gasteiger partial charge in [-0.15, -0.1) is 0 Å². The van der Waals surface area contributed by atoms with Crippen molar-refractivity contribution in [2.45, 2.75) is 9.92 Å². The van der Waals surface area contributed by atoms with E-state index in [0.29, 0.717) is 28.7 Å². The van der Waals surface area contributed by atoms with Crippen LogP contribution in [0.2, 0.25) is 0 Å². The normalized spacial score (nSPS) is 13.9. The van der Waals surface area contributed by atoms with E-state index in [9.17, 15) is 4.79 Å². The van der Waals surface area contributed by atoms with Crippen molar-refractivity contribution in [2.75, 3.05) is 55.9 Å². The number of pyridine rings is 1. The van der Waals surface area contributed by atoms with E-state index in [1.165, 1.54) is 17.8 Å². The first-order chi connectivity index (χ1) is 18.0. The van der Waals surface area contributed by atoms with E-state index in [4.69, 9.17) is 9.72 Å². The van der Waals surface area contributed by atoms with Gasteiger partial charge in [0.1, 0.15) is 10.8 Å². The van der Waals surface area contributed by atoms with Gasteiger partial charge in [-0.25, -0.2) is 14.5 Å². The van der Waals surface area contributed by atoms with Gasteiger partial charge in [0.25, 0.3) is 0 Å². The minimum absolute atomic E-state index is 0.257. The number of amides is 1. The van der Waals surface area contributed by atoms with E-state index in [-0.39, 0.29) is 5.91 Å². The zero-order chi connectivity index (χ0) is 25.8. The molecule has 1 saturated heterocycles. The Morgan fingerprint density at radius 1 is 1.16 bits per heavy atom. The number of nitrogens with zero attached hydrogens (tertiary/aromatic N) is 6. The fourth-order valence-electron chi connectivity index (χ4n) is 4.02. The Morgan fingerprint density at radius 2 is 2.00 bits per heavy atom. The summed E-state index contributed by atoms with van der Waals surface area (Å²) in [5.74, 6) is 1.59. The highest BCUT2D eigenvalue weighted by Gasteiger charge is 2.17. The van der Waals surface area contributed by atoms with Crippen molar-refractivity contribution >= 4 is 46.3 Å². The topological polar surface area (TPSA) is 99.9 Å². The first kappa shape index (κ1) is 24.6. The average Bonchev–Trinajstić information content (AvgIpc) is 3.39. The van der Waals surface area contributed by atoms with Gasteiger partial charge in [0.05, 0.1) is 25.2 Å². The fourth-order valence-corrected chi connectivity index (χ4v) is 4.99. The maximum atomic E-state index is 11.7. The molecule has 1 aromatic carbocycles. The van der Waals surface area contributed by atoms with Crippen molar-refractivity contribution in [3.05, 3.63) is 67.5 Å². The van der Waals surface area contributed by atoms with Crippen LogP contribution in [0.1, 0.15) is 0 Å². The van der Waals surface area contributed by atoms with Crippen molar-refractivity contribution in [1.82, 2.24) is 24.5 Å². The van der Waals surface area contributed by atoms with Gasteiger partial charge in [-0.2, -0.15) is 5.10 Å². The van der Waals surface area contributed by atoms with Crippen LogP contribution in [0.25, 0.3) is 5.65 Å². The van der Waals surface area contributed by atoms with Gasteiger partial charge in [-0.1, -0.05) is 24.4 Å². The van der Waals surface area contributed by atoms with Crippen LogP contribution in [0.5, 0.6) is 5.75 Å². The van der Waals surface area contributed by atoms with Gasteiger partial charge < -0.3 is 25.2 Å². The van der Waals surface area contributed by atoms with Gasteiger partial charge in [0, 0.05) is 55.0 Å². The van der Waals surface area contributed by atoms with E-state index in [0.717, 1.165) is 41.8 Å². The molecule has 11 heteroatoms. The number of nitrogens with one attached hydrogen (secondary N) is 2. The maximum Gasteiger partial charge on any atom is 0.247 e. The lowest BCUT2D eigenvalue weighted by Gasteiger charge is -2.34. The molecule has 3 aromatic heterocycles. The molecular formula is C26H28N8O2S. The van der Waals surface area contributed by atoms with E-state index >= 15 is 0 Å². The molecule has 0 atom stereocenters. The van der Waals surface area contributed by atoms with Crippen LogP contribution in [-0.4, -0.2) is 70.7 Å². The Balaban J connectivity index is 1.40. The summed E-state index contributed by atoms with van der Waals surface area (Å²) in [6.45, 7) is 7.43. The Labute approximate surface area is 219 Å². The van der Waals surface area contributed by atoms with Gasteiger partial charge in [0.2, 0.25) is 5.91 Å². The largest absolute Gasteiger partial charge is 0.493 e. The lowest BCUT2D eigenvalue weighted by Crippen LogP contribution is -2.44. The summed E-state index contributed by atoms with van der Waals surface area (Å²) in [6, 6.07) is 13.4. The van der Waals surface area contributed by atoms with Crippen molar-refractivity contribution < 1.29 is 9.53 Å². The Morgan fingerprint density at radius 3 is 2.78 bits per heavy atom. The summed E-state index contributed by atoms with van der Waals surface area (Å²) in [7, 11) is 3.78. The number of likely N-dealkylation sites (N-methyl/N-ethyl adjacent to an activating group) is 1. The molecular weight excluding hydrogens is 488 g/mol. The predicted octanol–water partition coefficient (Wildman–Crippen LogP) is 3.90. The number of rotatable bonds is 8. The third-order valence-electron chi connectivity index (χ3n) is 6.01. The molecule has 190 valence electrons. The number of fused-ring (bicyclic) bond motifs is 1. The summed E-state index contributed by atoms with van der Waals surface area (Å²) < 4.78 is 7.44. The number of carbonyl (C=O) groups is 1. The van der Waals surface area contributed by atoms with Gasteiger partial charge in [-0.3, -0.25) is 4.79 Å². The molecule has 37 heavy (non-hydrogen) atoms. The van der Waals surface area contributed by atoms with Crippen molar-refractivity contribution in [3.8, 4) is 5.75 Å². The number of carbonyl (C=O) groups excluding carboxylic acids is 1. The van der Waals surface area contributed by atoms with Gasteiger partial charge >= 0.3 is 0 Å². The molecule has 0 spiro atoms. The Hall–Kier alpha value is -4.09. The highest BCUT2D eigenvalue weighted by atomic mass is 32.2. The number of ether oxygens (including phenoxy) is 1. The molecule has 2 N–H and O–H groups in total. The maximum absolute atomic E-state index is 11.7. The van der Waals surface area contributed by atoms with Crippen LogP contribution in [0.3, 0.4) is 0 Å².